The quantitative estimate of drug-likeness (QED) is 0.144. The molecule has 0 aromatic rings. The highest BCUT2D eigenvalue weighted by Crippen LogP contribution is 2.87. The number of Topliss-reactive ketones (excluding diaryl/α,β-unsaturated/α-hetero) is 2. The van der Waals surface area contributed by atoms with Gasteiger partial charge in [-0.1, -0.05) is 46.3 Å². The van der Waals surface area contributed by atoms with Gasteiger partial charge in [-0.05, 0) is 85.9 Å². The monoisotopic (exact) mass is 780 g/mol. The minimum atomic E-state index is -1.69. The van der Waals surface area contributed by atoms with Gasteiger partial charge in [0, 0.05) is 24.2 Å². The Bertz CT molecular complexity index is 1550. The first-order valence-corrected chi connectivity index (χ1v) is 20.3. The summed E-state index contributed by atoms with van der Waals surface area (Å²) in [5.41, 5.74) is -1.27. The molecule has 0 aromatic heterocycles. The molecule has 4 saturated carbocycles. The summed E-state index contributed by atoms with van der Waals surface area (Å²) in [6, 6.07) is 0. The van der Waals surface area contributed by atoms with Crippen molar-refractivity contribution in [1.82, 2.24) is 0 Å². The number of carbonyl (C=O) groups excluding carboxylic acids is 2. The molecule has 2 heterocycles. The number of aliphatic hydroxyl groups excluding tert-OH is 8. The second kappa shape index (κ2) is 13.8. The largest absolute Gasteiger partial charge is 0.394 e. The normalized spacial score (nSPS) is 50.2. The van der Waals surface area contributed by atoms with Crippen LogP contribution in [0.2, 0.25) is 0 Å². The van der Waals surface area contributed by atoms with E-state index in [1.807, 2.05) is 6.92 Å². The van der Waals surface area contributed by atoms with E-state index < -0.39 is 96.2 Å². The maximum absolute atomic E-state index is 14.2. The Morgan fingerprint density at radius 2 is 1.64 bits per heavy atom. The molecule has 18 atom stereocenters. The molecule has 1 unspecified atom stereocenters. The lowest BCUT2D eigenvalue weighted by molar-refractivity contribution is -0.329. The van der Waals surface area contributed by atoms with Crippen LogP contribution in [0, 0.1) is 44.8 Å². The Balaban J connectivity index is 1.05. The molecule has 2 spiro atoms. The summed E-state index contributed by atoms with van der Waals surface area (Å²) in [6.45, 7) is 13.0. The van der Waals surface area contributed by atoms with Crippen LogP contribution >= 0.6 is 0 Å². The van der Waals surface area contributed by atoms with Crippen molar-refractivity contribution in [1.29, 1.82) is 0 Å². The zero-order valence-electron chi connectivity index (χ0n) is 33.3. The molecule has 55 heavy (non-hydrogen) atoms. The van der Waals surface area contributed by atoms with Crippen LogP contribution in [0.3, 0.4) is 0 Å². The van der Waals surface area contributed by atoms with Crippen LogP contribution in [-0.2, 0) is 28.5 Å². The van der Waals surface area contributed by atoms with Crippen molar-refractivity contribution in [3.63, 3.8) is 0 Å². The second-order valence-electron chi connectivity index (χ2n) is 19.9. The van der Waals surface area contributed by atoms with E-state index in [4.69, 9.17) is 18.9 Å². The number of aliphatic hydroxyl groups is 8. The van der Waals surface area contributed by atoms with E-state index in [9.17, 15) is 50.4 Å². The number of rotatable bonds is 10. The highest BCUT2D eigenvalue weighted by molar-refractivity contribution is 5.89. The van der Waals surface area contributed by atoms with Crippen molar-refractivity contribution >= 4 is 11.6 Å². The van der Waals surface area contributed by atoms with Crippen LogP contribution in [0.15, 0.2) is 11.6 Å². The van der Waals surface area contributed by atoms with Gasteiger partial charge in [0.25, 0.3) is 0 Å². The highest BCUT2D eigenvalue weighted by Gasteiger charge is 2.81. The summed E-state index contributed by atoms with van der Waals surface area (Å²) in [4.78, 5) is 27.9. The fourth-order valence-electron chi connectivity index (χ4n) is 13.1. The molecule has 7 rings (SSSR count). The molecule has 5 aliphatic carbocycles. The van der Waals surface area contributed by atoms with Gasteiger partial charge in [0.2, 0.25) is 0 Å². The Morgan fingerprint density at radius 1 is 0.964 bits per heavy atom. The van der Waals surface area contributed by atoms with Crippen molar-refractivity contribution < 1.29 is 69.4 Å². The Kier molecular flexibility index (Phi) is 10.5. The lowest BCUT2D eigenvalue weighted by atomic mass is 9.45. The van der Waals surface area contributed by atoms with E-state index in [1.54, 1.807) is 0 Å². The van der Waals surface area contributed by atoms with Crippen molar-refractivity contribution in [3.05, 3.63) is 11.6 Å². The molecule has 2 aliphatic heterocycles. The number of ether oxygens (including phenoxy) is 4. The average Bonchev–Trinajstić information content (AvgIpc) is 3.73. The van der Waals surface area contributed by atoms with Gasteiger partial charge in [-0.25, -0.2) is 0 Å². The van der Waals surface area contributed by atoms with E-state index in [0.29, 0.717) is 12.3 Å². The van der Waals surface area contributed by atoms with Crippen molar-refractivity contribution in [2.24, 2.45) is 44.8 Å². The van der Waals surface area contributed by atoms with Crippen molar-refractivity contribution in [2.75, 3.05) is 13.2 Å². The molecule has 14 heteroatoms. The topological polar surface area (TPSA) is 233 Å². The summed E-state index contributed by atoms with van der Waals surface area (Å²) in [5, 5.41) is 82.5. The van der Waals surface area contributed by atoms with E-state index in [0.717, 1.165) is 38.5 Å². The van der Waals surface area contributed by atoms with Gasteiger partial charge in [0.1, 0.15) is 54.6 Å². The maximum atomic E-state index is 14.2. The lowest BCUT2D eigenvalue weighted by Crippen LogP contribution is -2.61. The van der Waals surface area contributed by atoms with Gasteiger partial charge >= 0.3 is 0 Å². The number of allylic oxidation sites excluding steroid dienone is 2. The van der Waals surface area contributed by atoms with Gasteiger partial charge in [0.15, 0.2) is 18.4 Å². The zero-order valence-corrected chi connectivity index (χ0v) is 33.3. The van der Waals surface area contributed by atoms with Gasteiger partial charge < -0.3 is 59.8 Å². The number of hydrogen-bond acceptors (Lipinski definition) is 14. The number of carbonyl (C=O) groups is 2. The smallest absolute Gasteiger partial charge is 0.187 e. The standard InChI is InChI=1S/C41H64O14/c1-19(14-20(43)33(51)37(4,5)55-35-32(50)30(48)29(47)23(16-42)53-35)27-21(44)15-39(7)25-9-8-24-36(2,3)26(54-34-31(49)28(46)22(45)17-52-34)10-11-40(24)18-41(25,40)13-12-38(27,39)6/h9,19,22-24,26-35,42,45-51H,8,10-18H2,1-7H3/t19-,22-,23-,24+,26+,27+,28+,29-,30+,31-,32-,33?,34+,35+,38-,39+,40-,41+/m1/s1. The molecule has 6 fully saturated rings. The van der Waals surface area contributed by atoms with Crippen LogP contribution in [-0.4, -0.2) is 139 Å². The third kappa shape index (κ3) is 6.02. The molecule has 0 amide bonds. The van der Waals surface area contributed by atoms with Gasteiger partial charge in [-0.15, -0.1) is 0 Å². The van der Waals surface area contributed by atoms with Gasteiger partial charge in [0.05, 0.1) is 24.9 Å². The second-order valence-corrected chi connectivity index (χ2v) is 19.9. The van der Waals surface area contributed by atoms with Gasteiger partial charge in [-0.2, -0.15) is 0 Å². The first-order valence-electron chi connectivity index (χ1n) is 20.3. The predicted molar refractivity (Wildman–Crippen MR) is 194 cm³/mol. The Morgan fingerprint density at radius 3 is 2.31 bits per heavy atom. The minimum Gasteiger partial charge on any atom is -0.394 e. The molecule has 312 valence electrons. The summed E-state index contributed by atoms with van der Waals surface area (Å²) >= 11 is 0. The molecule has 0 bridgehead atoms. The zero-order chi connectivity index (χ0) is 40.4. The SMILES string of the molecule is C[C@H](CC(=O)C(O)C(C)(C)O[C@@H]1O[C@H](CO)[C@@H](O)[C@H](O)[C@H]1O)[C@H]1C(=O)C[C@@]2(C)C3=CC[C@H]4C(C)(C)[C@@H](O[C@@H]5OC[C@@H](O)[C@H](O)[C@H]5O)CC[C@@]45C[C@@]35CC[C@]12C. The molecule has 14 nitrogen and oxygen atoms in total. The van der Waals surface area contributed by atoms with Crippen molar-refractivity contribution in [3.8, 4) is 0 Å². The average molecular weight is 781 g/mol. The fraction of sp³-hybridized carbons (Fsp3) is 0.902. The fourth-order valence-corrected chi connectivity index (χ4v) is 13.1. The third-order valence-electron chi connectivity index (χ3n) is 16.3. The van der Waals surface area contributed by atoms with E-state index in [-0.39, 0.29) is 47.1 Å². The van der Waals surface area contributed by atoms with Crippen molar-refractivity contribution in [2.45, 2.75) is 173 Å². The Labute approximate surface area is 323 Å². The molecule has 2 saturated heterocycles. The Hall–Kier alpha value is -1.40. The first kappa shape index (κ1) is 41.7. The molecule has 7 aliphatic rings. The van der Waals surface area contributed by atoms with Crippen LogP contribution in [0.25, 0.3) is 0 Å². The highest BCUT2D eigenvalue weighted by atomic mass is 16.7. The third-order valence-corrected chi connectivity index (χ3v) is 16.3. The van der Waals surface area contributed by atoms with Gasteiger partial charge in [-0.3, -0.25) is 9.59 Å². The summed E-state index contributed by atoms with van der Waals surface area (Å²) in [6.07, 6.45) is -6.40. The number of ketones is 2. The molecular formula is C41H64O14. The van der Waals surface area contributed by atoms with Crippen LogP contribution in [0.1, 0.15) is 99.8 Å². The van der Waals surface area contributed by atoms with E-state index >= 15 is 0 Å². The van der Waals surface area contributed by atoms with Crippen LogP contribution < -0.4 is 0 Å². The maximum Gasteiger partial charge on any atom is 0.187 e. The number of hydrogen-bond donors (Lipinski definition) is 8. The van der Waals surface area contributed by atoms with E-state index in [2.05, 4.69) is 33.8 Å². The lowest BCUT2D eigenvalue weighted by Gasteiger charge is -2.60. The molecular weight excluding hydrogens is 716 g/mol. The molecule has 0 aromatic carbocycles. The van der Waals surface area contributed by atoms with Crippen LogP contribution in [0.4, 0.5) is 0 Å². The van der Waals surface area contributed by atoms with Crippen LogP contribution in [0.5, 0.6) is 0 Å². The molecule has 0 radical (unpaired) electrons. The predicted octanol–water partition coefficient (Wildman–Crippen LogP) is 0.900. The van der Waals surface area contributed by atoms with E-state index in [1.165, 1.54) is 19.4 Å². The first-order chi connectivity index (χ1) is 25.5. The number of fused-ring (bicyclic) bond motifs is 2. The minimum absolute atomic E-state index is 0.0240. The molecule has 8 N–H and O–H groups in total. The summed E-state index contributed by atoms with van der Waals surface area (Å²) < 4.78 is 23.3. The summed E-state index contributed by atoms with van der Waals surface area (Å²) in [7, 11) is 0. The summed E-state index contributed by atoms with van der Waals surface area (Å²) in [5.74, 6) is -0.899.